The van der Waals surface area contributed by atoms with Crippen LogP contribution in [0.2, 0.25) is 0 Å². The van der Waals surface area contributed by atoms with E-state index >= 15 is 0 Å². The lowest BCUT2D eigenvalue weighted by Crippen LogP contribution is -2.32. The number of anilines is 1. The Morgan fingerprint density at radius 3 is 2.29 bits per heavy atom. The highest BCUT2D eigenvalue weighted by Crippen LogP contribution is 2.29. The van der Waals surface area contributed by atoms with Gasteiger partial charge in [-0.3, -0.25) is 9.59 Å². The summed E-state index contributed by atoms with van der Waals surface area (Å²) in [6.07, 6.45) is -3.05. The Kier molecular flexibility index (Phi) is 5.02. The Hall–Kier alpha value is -3.10. The van der Waals surface area contributed by atoms with Gasteiger partial charge in [0.25, 0.3) is 0 Å². The van der Waals surface area contributed by atoms with Crippen LogP contribution in [0.1, 0.15) is 18.2 Å². The molecule has 1 heterocycles. The first-order valence-electron chi connectivity index (χ1n) is 6.64. The zero-order valence-corrected chi connectivity index (χ0v) is 12.3. The number of rotatable bonds is 3. The number of carbonyl (C=O) groups excluding carboxylic acids is 2. The summed E-state index contributed by atoms with van der Waals surface area (Å²) in [4.78, 5) is 23.3. The van der Waals surface area contributed by atoms with Crippen LogP contribution in [0.15, 0.2) is 52.2 Å². The summed E-state index contributed by atoms with van der Waals surface area (Å²) in [7, 11) is 0. The van der Waals surface area contributed by atoms with E-state index in [-0.39, 0.29) is 5.69 Å². The van der Waals surface area contributed by atoms with Gasteiger partial charge in [0.05, 0.1) is 11.8 Å². The molecule has 0 aliphatic rings. The second-order valence-corrected chi connectivity index (χ2v) is 4.64. The fourth-order valence-electron chi connectivity index (χ4n) is 1.66. The van der Waals surface area contributed by atoms with E-state index in [2.05, 4.69) is 10.4 Å². The van der Waals surface area contributed by atoms with Gasteiger partial charge in [-0.25, -0.2) is 5.43 Å². The molecule has 24 heavy (non-hydrogen) atoms. The third-order valence-electron chi connectivity index (χ3n) is 2.88. The Bertz CT molecular complexity index is 751. The van der Waals surface area contributed by atoms with Gasteiger partial charge in [0.2, 0.25) is 0 Å². The van der Waals surface area contributed by atoms with Gasteiger partial charge in [0.15, 0.2) is 0 Å². The van der Waals surface area contributed by atoms with E-state index in [4.69, 9.17) is 4.42 Å². The summed E-state index contributed by atoms with van der Waals surface area (Å²) in [5.41, 5.74) is 1.56. The predicted octanol–water partition coefficient (Wildman–Crippen LogP) is 2.78. The lowest BCUT2D eigenvalue weighted by molar-refractivity contribution is -0.137. The third kappa shape index (κ3) is 4.45. The molecule has 0 bridgehead atoms. The maximum Gasteiger partial charge on any atom is 0.416 e. The molecule has 2 N–H and O–H groups in total. The fraction of sp³-hybridized carbons (Fsp3) is 0.133. The molecule has 0 saturated carbocycles. The molecule has 1 aromatic heterocycles. The smallest absolute Gasteiger partial charge is 0.416 e. The molecule has 0 radical (unpaired) electrons. The van der Waals surface area contributed by atoms with Gasteiger partial charge in [-0.2, -0.15) is 18.3 Å². The number of hydrazone groups is 1. The molecule has 0 aliphatic heterocycles. The molecule has 0 spiro atoms. The van der Waals surface area contributed by atoms with Gasteiger partial charge < -0.3 is 9.73 Å². The molecule has 0 fully saturated rings. The van der Waals surface area contributed by atoms with Crippen molar-refractivity contribution in [2.45, 2.75) is 13.1 Å². The van der Waals surface area contributed by atoms with Crippen LogP contribution in [0.25, 0.3) is 0 Å². The quantitative estimate of drug-likeness (QED) is 0.512. The van der Waals surface area contributed by atoms with Crippen LogP contribution >= 0.6 is 0 Å². The Labute approximate surface area is 134 Å². The molecule has 9 heteroatoms. The normalized spacial score (nSPS) is 11.9. The number of halogens is 3. The highest BCUT2D eigenvalue weighted by Gasteiger charge is 2.30. The van der Waals surface area contributed by atoms with Gasteiger partial charge in [0, 0.05) is 5.69 Å². The molecule has 6 nitrogen and oxygen atoms in total. The van der Waals surface area contributed by atoms with Crippen LogP contribution in [0.5, 0.6) is 0 Å². The van der Waals surface area contributed by atoms with Crippen LogP contribution in [-0.2, 0) is 15.8 Å². The van der Waals surface area contributed by atoms with Crippen LogP contribution in [0.3, 0.4) is 0 Å². The highest BCUT2D eigenvalue weighted by molar-refractivity contribution is 6.39. The van der Waals surface area contributed by atoms with Crippen molar-refractivity contribution in [3.63, 3.8) is 0 Å². The van der Waals surface area contributed by atoms with Crippen LogP contribution in [0, 0.1) is 0 Å². The monoisotopic (exact) mass is 339 g/mol. The lowest BCUT2D eigenvalue weighted by atomic mass is 10.2. The summed E-state index contributed by atoms with van der Waals surface area (Å²) in [5.74, 6) is -1.72. The predicted molar refractivity (Wildman–Crippen MR) is 79.1 cm³/mol. The molecule has 126 valence electrons. The molecule has 1 aromatic carbocycles. The second-order valence-electron chi connectivity index (χ2n) is 4.64. The maximum atomic E-state index is 12.4. The number of hydrogen-bond donors (Lipinski definition) is 2. The van der Waals surface area contributed by atoms with Crippen molar-refractivity contribution in [3.05, 3.63) is 54.0 Å². The summed E-state index contributed by atoms with van der Waals surface area (Å²) in [6.45, 7) is 1.56. The van der Waals surface area contributed by atoms with E-state index in [0.29, 0.717) is 11.5 Å². The number of nitrogens with one attached hydrogen (secondary N) is 2. The Balaban J connectivity index is 1.94. The lowest BCUT2D eigenvalue weighted by Gasteiger charge is -2.08. The van der Waals surface area contributed by atoms with Crippen molar-refractivity contribution in [1.82, 2.24) is 5.43 Å². The molecule has 0 atom stereocenters. The molecular formula is C15H12F3N3O3. The summed E-state index contributed by atoms with van der Waals surface area (Å²) in [5, 5.41) is 5.86. The first kappa shape index (κ1) is 17.3. The largest absolute Gasteiger partial charge is 0.463 e. The zero-order valence-electron chi connectivity index (χ0n) is 12.3. The van der Waals surface area contributed by atoms with Crippen molar-refractivity contribution < 1.29 is 27.2 Å². The SMILES string of the molecule is CC(=NNC(=O)C(=O)Nc1ccc(C(F)(F)F)cc1)c1ccco1. The number of alkyl halides is 3. The first-order valence-corrected chi connectivity index (χ1v) is 6.64. The second kappa shape index (κ2) is 6.99. The zero-order chi connectivity index (χ0) is 17.7. The van der Waals surface area contributed by atoms with E-state index in [1.165, 1.54) is 6.26 Å². The van der Waals surface area contributed by atoms with Gasteiger partial charge in [-0.05, 0) is 43.3 Å². The minimum atomic E-state index is -4.47. The number of furan rings is 1. The van der Waals surface area contributed by atoms with Crippen molar-refractivity contribution in [1.29, 1.82) is 0 Å². The number of nitrogens with zero attached hydrogens (tertiary/aromatic N) is 1. The number of hydrogen-bond acceptors (Lipinski definition) is 4. The summed E-state index contributed by atoms with van der Waals surface area (Å²) in [6, 6.07) is 6.94. The van der Waals surface area contributed by atoms with Crippen molar-refractivity contribution in [2.24, 2.45) is 5.10 Å². The molecule has 2 aromatic rings. The third-order valence-corrected chi connectivity index (χ3v) is 2.88. The molecule has 0 aliphatic carbocycles. The standard InChI is InChI=1S/C15H12F3N3O3/c1-9(12-3-2-8-24-12)20-21-14(23)13(22)19-11-6-4-10(5-7-11)15(16,17)18/h2-8H,1H3,(H,19,22)(H,21,23). The maximum absolute atomic E-state index is 12.4. The molecule has 0 saturated heterocycles. The minimum Gasteiger partial charge on any atom is -0.463 e. The van der Waals surface area contributed by atoms with Gasteiger partial charge >= 0.3 is 18.0 Å². The molecule has 0 unspecified atom stereocenters. The van der Waals surface area contributed by atoms with Crippen molar-refractivity contribution in [3.8, 4) is 0 Å². The van der Waals surface area contributed by atoms with Crippen molar-refractivity contribution >= 4 is 23.2 Å². The average molecular weight is 339 g/mol. The van der Waals surface area contributed by atoms with Crippen molar-refractivity contribution in [2.75, 3.05) is 5.32 Å². The number of carbonyl (C=O) groups is 2. The van der Waals surface area contributed by atoms with E-state index in [9.17, 15) is 22.8 Å². The Morgan fingerprint density at radius 2 is 1.75 bits per heavy atom. The fourth-order valence-corrected chi connectivity index (χ4v) is 1.66. The minimum absolute atomic E-state index is 0.0508. The van der Waals surface area contributed by atoms with E-state index in [1.807, 2.05) is 5.43 Å². The van der Waals surface area contributed by atoms with Crippen LogP contribution in [0.4, 0.5) is 18.9 Å². The summed E-state index contributed by atoms with van der Waals surface area (Å²) < 4.78 is 42.3. The molecule has 2 rings (SSSR count). The summed E-state index contributed by atoms with van der Waals surface area (Å²) >= 11 is 0. The van der Waals surface area contributed by atoms with Crippen LogP contribution < -0.4 is 10.7 Å². The van der Waals surface area contributed by atoms with E-state index in [1.54, 1.807) is 19.1 Å². The number of benzene rings is 1. The topological polar surface area (TPSA) is 83.7 Å². The number of amides is 2. The van der Waals surface area contributed by atoms with E-state index < -0.39 is 23.6 Å². The highest BCUT2D eigenvalue weighted by atomic mass is 19.4. The molecular weight excluding hydrogens is 327 g/mol. The Morgan fingerprint density at radius 1 is 1.08 bits per heavy atom. The first-order chi connectivity index (χ1) is 11.3. The van der Waals surface area contributed by atoms with Gasteiger partial charge in [-0.15, -0.1) is 0 Å². The van der Waals surface area contributed by atoms with Gasteiger partial charge in [-0.1, -0.05) is 0 Å². The average Bonchev–Trinajstić information content (AvgIpc) is 3.06. The van der Waals surface area contributed by atoms with E-state index in [0.717, 1.165) is 24.3 Å². The molecule has 2 amide bonds. The van der Waals surface area contributed by atoms with Gasteiger partial charge in [0.1, 0.15) is 11.5 Å². The van der Waals surface area contributed by atoms with Crippen LogP contribution in [-0.4, -0.2) is 17.5 Å².